The van der Waals surface area contributed by atoms with Gasteiger partial charge in [-0.25, -0.2) is 0 Å². The Labute approximate surface area is 160 Å². The van der Waals surface area contributed by atoms with Crippen molar-refractivity contribution in [3.05, 3.63) is 65.2 Å². The molecule has 0 unspecified atom stereocenters. The number of carbonyl (C=O) groups excluding carboxylic acids is 1. The van der Waals surface area contributed by atoms with Gasteiger partial charge in [0.2, 0.25) is 0 Å². The SMILES string of the molecule is Cc1cccc(C(=O)N(C)Cc2cccc(N3CCC(C(=O)O)CC3)c2)c1. The standard InChI is InChI=1S/C22H26N2O3/c1-16-5-3-7-19(13-16)21(25)23(2)15-17-6-4-8-20(14-17)24-11-9-18(10-12-24)22(26)27/h3-8,13-14,18H,9-12,15H2,1-2H3,(H,26,27). The minimum absolute atomic E-state index is 0.00590. The Morgan fingerprint density at radius 3 is 2.48 bits per heavy atom. The summed E-state index contributed by atoms with van der Waals surface area (Å²) in [4.78, 5) is 27.7. The van der Waals surface area contributed by atoms with Gasteiger partial charge in [0, 0.05) is 37.9 Å². The molecule has 1 heterocycles. The molecule has 1 amide bonds. The van der Waals surface area contributed by atoms with Gasteiger partial charge < -0.3 is 14.9 Å². The van der Waals surface area contributed by atoms with Crippen LogP contribution in [0.5, 0.6) is 0 Å². The first-order chi connectivity index (χ1) is 12.9. The number of aryl methyl sites for hydroxylation is 1. The van der Waals surface area contributed by atoms with Gasteiger partial charge in [0.05, 0.1) is 5.92 Å². The van der Waals surface area contributed by atoms with Crippen LogP contribution >= 0.6 is 0 Å². The number of benzene rings is 2. The van der Waals surface area contributed by atoms with Gasteiger partial charge in [-0.15, -0.1) is 0 Å². The highest BCUT2D eigenvalue weighted by Gasteiger charge is 2.24. The lowest BCUT2D eigenvalue weighted by Crippen LogP contribution is -2.36. The second-order valence-electron chi connectivity index (χ2n) is 7.30. The molecular weight excluding hydrogens is 340 g/mol. The number of aliphatic carboxylic acids is 1. The van der Waals surface area contributed by atoms with Crippen molar-refractivity contribution in [2.45, 2.75) is 26.3 Å². The summed E-state index contributed by atoms with van der Waals surface area (Å²) >= 11 is 0. The number of hydrogen-bond acceptors (Lipinski definition) is 3. The second-order valence-corrected chi connectivity index (χ2v) is 7.30. The fourth-order valence-electron chi connectivity index (χ4n) is 3.58. The van der Waals surface area contributed by atoms with E-state index >= 15 is 0 Å². The Balaban J connectivity index is 1.65. The molecule has 1 saturated heterocycles. The number of piperidine rings is 1. The monoisotopic (exact) mass is 366 g/mol. The van der Waals surface area contributed by atoms with Crippen LogP contribution in [0.2, 0.25) is 0 Å². The first-order valence-electron chi connectivity index (χ1n) is 9.33. The van der Waals surface area contributed by atoms with E-state index in [9.17, 15) is 9.59 Å². The summed E-state index contributed by atoms with van der Waals surface area (Å²) in [6, 6.07) is 15.8. The first kappa shape index (κ1) is 19.0. The quantitative estimate of drug-likeness (QED) is 0.879. The number of carbonyl (C=O) groups is 2. The third-order valence-corrected chi connectivity index (χ3v) is 5.15. The molecule has 5 heteroatoms. The molecule has 27 heavy (non-hydrogen) atoms. The van der Waals surface area contributed by atoms with Crippen molar-refractivity contribution in [2.75, 3.05) is 25.0 Å². The first-order valence-corrected chi connectivity index (χ1v) is 9.33. The van der Waals surface area contributed by atoms with Gasteiger partial charge in [0.15, 0.2) is 0 Å². The van der Waals surface area contributed by atoms with E-state index in [-0.39, 0.29) is 11.8 Å². The van der Waals surface area contributed by atoms with E-state index in [0.717, 1.165) is 29.9 Å². The van der Waals surface area contributed by atoms with Gasteiger partial charge >= 0.3 is 5.97 Å². The van der Waals surface area contributed by atoms with Crippen molar-refractivity contribution in [3.8, 4) is 0 Å². The lowest BCUT2D eigenvalue weighted by atomic mass is 9.96. The Kier molecular flexibility index (Phi) is 5.79. The summed E-state index contributed by atoms with van der Waals surface area (Å²) < 4.78 is 0. The van der Waals surface area contributed by atoms with E-state index in [2.05, 4.69) is 11.0 Å². The molecule has 0 aliphatic carbocycles. The van der Waals surface area contributed by atoms with E-state index in [1.165, 1.54) is 0 Å². The number of nitrogens with zero attached hydrogens (tertiary/aromatic N) is 2. The highest BCUT2D eigenvalue weighted by Crippen LogP contribution is 2.24. The molecular formula is C22H26N2O3. The van der Waals surface area contributed by atoms with Crippen molar-refractivity contribution in [3.63, 3.8) is 0 Å². The third-order valence-electron chi connectivity index (χ3n) is 5.15. The fraction of sp³-hybridized carbons (Fsp3) is 0.364. The van der Waals surface area contributed by atoms with Crippen LogP contribution in [0.4, 0.5) is 5.69 Å². The summed E-state index contributed by atoms with van der Waals surface area (Å²) in [7, 11) is 1.82. The topological polar surface area (TPSA) is 60.9 Å². The summed E-state index contributed by atoms with van der Waals surface area (Å²) in [5.74, 6) is -0.923. The van der Waals surface area contributed by atoms with Crippen LogP contribution in [0.15, 0.2) is 48.5 Å². The molecule has 3 rings (SSSR count). The number of rotatable bonds is 5. The van der Waals surface area contributed by atoms with Crippen molar-refractivity contribution in [1.29, 1.82) is 0 Å². The number of carboxylic acids is 1. The Morgan fingerprint density at radius 1 is 1.11 bits per heavy atom. The molecule has 0 radical (unpaired) electrons. The molecule has 1 aliphatic heterocycles. The molecule has 0 aromatic heterocycles. The number of anilines is 1. The predicted octanol–water partition coefficient (Wildman–Crippen LogP) is 3.57. The zero-order valence-electron chi connectivity index (χ0n) is 15.9. The van der Waals surface area contributed by atoms with Crippen molar-refractivity contribution < 1.29 is 14.7 Å². The van der Waals surface area contributed by atoms with E-state index in [1.54, 1.807) is 4.90 Å². The minimum Gasteiger partial charge on any atom is -0.481 e. The van der Waals surface area contributed by atoms with Crippen LogP contribution in [0.3, 0.4) is 0 Å². The molecule has 1 N–H and O–H groups in total. The highest BCUT2D eigenvalue weighted by molar-refractivity contribution is 5.94. The van der Waals surface area contributed by atoms with E-state index in [1.807, 2.05) is 56.4 Å². The van der Waals surface area contributed by atoms with E-state index in [0.29, 0.717) is 24.9 Å². The summed E-state index contributed by atoms with van der Waals surface area (Å²) in [5, 5.41) is 9.15. The van der Waals surface area contributed by atoms with Crippen LogP contribution in [0, 0.1) is 12.8 Å². The maximum Gasteiger partial charge on any atom is 0.306 e. The summed E-state index contributed by atoms with van der Waals surface area (Å²) in [5.41, 5.74) is 3.93. The lowest BCUT2D eigenvalue weighted by Gasteiger charge is -2.32. The Hall–Kier alpha value is -2.82. The molecule has 1 fully saturated rings. The molecule has 2 aromatic carbocycles. The smallest absolute Gasteiger partial charge is 0.306 e. The average molecular weight is 366 g/mol. The van der Waals surface area contributed by atoms with Crippen LogP contribution in [-0.4, -0.2) is 42.0 Å². The van der Waals surface area contributed by atoms with Gasteiger partial charge in [-0.3, -0.25) is 9.59 Å². The number of amides is 1. The Morgan fingerprint density at radius 2 is 1.81 bits per heavy atom. The summed E-state index contributed by atoms with van der Waals surface area (Å²) in [6.45, 7) is 4.01. The van der Waals surface area contributed by atoms with Gasteiger partial charge in [-0.1, -0.05) is 29.8 Å². The number of hydrogen-bond donors (Lipinski definition) is 1. The summed E-state index contributed by atoms with van der Waals surface area (Å²) in [6.07, 6.45) is 1.34. The third kappa shape index (κ3) is 4.67. The molecule has 0 atom stereocenters. The normalized spacial score (nSPS) is 14.8. The Bertz CT molecular complexity index is 826. The van der Waals surface area contributed by atoms with Crippen molar-refractivity contribution in [2.24, 2.45) is 5.92 Å². The van der Waals surface area contributed by atoms with Gasteiger partial charge in [-0.2, -0.15) is 0 Å². The maximum absolute atomic E-state index is 12.6. The van der Waals surface area contributed by atoms with Crippen LogP contribution in [0.1, 0.15) is 34.3 Å². The van der Waals surface area contributed by atoms with Crippen molar-refractivity contribution in [1.82, 2.24) is 4.90 Å². The lowest BCUT2D eigenvalue weighted by molar-refractivity contribution is -0.142. The minimum atomic E-state index is -0.695. The van der Waals surface area contributed by atoms with Gasteiger partial charge in [0.25, 0.3) is 5.91 Å². The fourth-order valence-corrected chi connectivity index (χ4v) is 3.58. The molecule has 0 saturated carbocycles. The molecule has 0 bridgehead atoms. The molecule has 5 nitrogen and oxygen atoms in total. The number of carboxylic acid groups (broad SMARTS) is 1. The van der Waals surface area contributed by atoms with Crippen LogP contribution in [0.25, 0.3) is 0 Å². The van der Waals surface area contributed by atoms with Crippen LogP contribution in [-0.2, 0) is 11.3 Å². The van der Waals surface area contributed by atoms with Gasteiger partial charge in [0.1, 0.15) is 0 Å². The second kappa shape index (κ2) is 8.25. The average Bonchev–Trinajstić information content (AvgIpc) is 2.67. The van der Waals surface area contributed by atoms with Crippen LogP contribution < -0.4 is 4.90 Å². The zero-order chi connectivity index (χ0) is 19.4. The predicted molar refractivity (Wildman–Crippen MR) is 106 cm³/mol. The highest BCUT2D eigenvalue weighted by atomic mass is 16.4. The molecule has 1 aliphatic rings. The largest absolute Gasteiger partial charge is 0.481 e. The maximum atomic E-state index is 12.6. The van der Waals surface area contributed by atoms with Gasteiger partial charge in [-0.05, 0) is 49.6 Å². The molecule has 2 aromatic rings. The van der Waals surface area contributed by atoms with E-state index < -0.39 is 5.97 Å². The van der Waals surface area contributed by atoms with Crippen molar-refractivity contribution >= 4 is 17.6 Å². The molecule has 142 valence electrons. The van der Waals surface area contributed by atoms with E-state index in [4.69, 9.17) is 5.11 Å². The zero-order valence-corrected chi connectivity index (χ0v) is 15.9. The molecule has 0 spiro atoms.